The van der Waals surface area contributed by atoms with Gasteiger partial charge in [-0.1, -0.05) is 19.8 Å². The van der Waals surface area contributed by atoms with Crippen molar-refractivity contribution in [3.8, 4) is 0 Å². The molecule has 2 aliphatic heterocycles. The summed E-state index contributed by atoms with van der Waals surface area (Å²) in [5.41, 5.74) is -0.149. The Labute approximate surface area is 104 Å². The molecule has 0 bridgehead atoms. The molecule has 17 heavy (non-hydrogen) atoms. The van der Waals surface area contributed by atoms with Crippen molar-refractivity contribution in [3.05, 3.63) is 0 Å². The van der Waals surface area contributed by atoms with Crippen LogP contribution in [0.25, 0.3) is 0 Å². The summed E-state index contributed by atoms with van der Waals surface area (Å²) in [6, 6.07) is 0. The Morgan fingerprint density at radius 2 is 2.00 bits per heavy atom. The van der Waals surface area contributed by atoms with Crippen LogP contribution in [0.15, 0.2) is 0 Å². The lowest BCUT2D eigenvalue weighted by Crippen LogP contribution is -2.54. The molecule has 2 heterocycles. The van der Waals surface area contributed by atoms with Gasteiger partial charge in [0, 0.05) is 6.42 Å². The Morgan fingerprint density at radius 1 is 1.24 bits per heavy atom. The van der Waals surface area contributed by atoms with E-state index in [1.54, 1.807) is 0 Å². The quantitative estimate of drug-likeness (QED) is 0.739. The van der Waals surface area contributed by atoms with Crippen molar-refractivity contribution in [2.45, 2.75) is 76.0 Å². The van der Waals surface area contributed by atoms with E-state index in [1.165, 1.54) is 19.3 Å². The van der Waals surface area contributed by atoms with Crippen LogP contribution in [0.2, 0.25) is 0 Å². The number of hydrogen-bond acceptors (Lipinski definition) is 2. The lowest BCUT2D eigenvalue weighted by molar-refractivity contribution is -0.155. The second kappa shape index (κ2) is 3.98. The third-order valence-electron chi connectivity index (χ3n) is 4.90. The minimum atomic E-state index is -0.207. The molecular formula is C14H23NO2. The summed E-state index contributed by atoms with van der Waals surface area (Å²) in [6.07, 6.45) is 9.86. The molecule has 2 saturated heterocycles. The van der Waals surface area contributed by atoms with Crippen molar-refractivity contribution in [3.63, 3.8) is 0 Å². The van der Waals surface area contributed by atoms with E-state index in [-0.39, 0.29) is 11.3 Å². The van der Waals surface area contributed by atoms with Gasteiger partial charge in [-0.15, -0.1) is 0 Å². The van der Waals surface area contributed by atoms with Gasteiger partial charge in [0.1, 0.15) is 5.72 Å². The van der Waals surface area contributed by atoms with Gasteiger partial charge in [0.2, 0.25) is 5.91 Å². The summed E-state index contributed by atoms with van der Waals surface area (Å²) < 4.78 is 6.18. The zero-order valence-electron chi connectivity index (χ0n) is 10.8. The Hall–Kier alpha value is -0.570. The molecule has 3 rings (SSSR count). The summed E-state index contributed by atoms with van der Waals surface area (Å²) in [6.45, 7) is 2.99. The molecule has 1 spiro atoms. The van der Waals surface area contributed by atoms with Crippen molar-refractivity contribution >= 4 is 5.91 Å². The molecule has 3 aliphatic rings. The third-order valence-corrected chi connectivity index (χ3v) is 4.90. The molecule has 0 N–H and O–H groups in total. The van der Waals surface area contributed by atoms with Gasteiger partial charge in [-0.2, -0.15) is 0 Å². The Kier molecular flexibility index (Phi) is 2.69. The first kappa shape index (κ1) is 11.5. The van der Waals surface area contributed by atoms with Gasteiger partial charge in [0.05, 0.1) is 12.1 Å². The zero-order chi connectivity index (χ0) is 11.9. The van der Waals surface area contributed by atoms with E-state index < -0.39 is 0 Å². The minimum Gasteiger partial charge on any atom is -0.353 e. The number of fused-ring (bicyclic) bond motifs is 2. The van der Waals surface area contributed by atoms with Crippen molar-refractivity contribution in [2.24, 2.45) is 0 Å². The number of hydrogen-bond donors (Lipinski definition) is 0. The van der Waals surface area contributed by atoms with Crippen LogP contribution in [0.1, 0.15) is 64.7 Å². The van der Waals surface area contributed by atoms with E-state index >= 15 is 0 Å². The van der Waals surface area contributed by atoms with Crippen LogP contribution in [0.3, 0.4) is 0 Å². The van der Waals surface area contributed by atoms with E-state index in [4.69, 9.17) is 4.74 Å². The second-order valence-electron chi connectivity index (χ2n) is 6.00. The smallest absolute Gasteiger partial charge is 0.225 e. The van der Waals surface area contributed by atoms with Gasteiger partial charge in [-0.05, 0) is 38.5 Å². The predicted octanol–water partition coefficient (Wildman–Crippen LogP) is 2.84. The third kappa shape index (κ3) is 1.55. The number of amides is 1. The SMILES string of the molecule is CCCC12CCC(=O)N1C1(CCCCC1)OC2. The molecule has 1 amide bonds. The maximum absolute atomic E-state index is 12.3. The number of carbonyl (C=O) groups excluding carboxylic acids is 1. The normalized spacial score (nSPS) is 35.6. The topological polar surface area (TPSA) is 29.5 Å². The summed E-state index contributed by atoms with van der Waals surface area (Å²) >= 11 is 0. The molecule has 96 valence electrons. The first-order chi connectivity index (χ1) is 8.22. The number of carbonyl (C=O) groups is 1. The first-order valence-electron chi connectivity index (χ1n) is 7.20. The van der Waals surface area contributed by atoms with Gasteiger partial charge < -0.3 is 9.64 Å². The van der Waals surface area contributed by atoms with E-state index in [1.807, 2.05) is 0 Å². The molecule has 0 aromatic rings. The highest BCUT2D eigenvalue weighted by atomic mass is 16.5. The van der Waals surface area contributed by atoms with Crippen LogP contribution < -0.4 is 0 Å². The summed E-state index contributed by atoms with van der Waals surface area (Å²) in [5.74, 6) is 0.345. The van der Waals surface area contributed by atoms with E-state index in [9.17, 15) is 4.79 Å². The largest absolute Gasteiger partial charge is 0.353 e. The van der Waals surface area contributed by atoms with E-state index in [0.717, 1.165) is 45.1 Å². The molecule has 1 unspecified atom stereocenters. The standard InChI is InChI=1S/C14H23NO2/c1-2-7-13-10-6-12(16)15(13)14(17-11-13)8-4-3-5-9-14/h2-11H2,1H3. The molecule has 1 atom stereocenters. The van der Waals surface area contributed by atoms with Crippen molar-refractivity contribution in [1.82, 2.24) is 4.90 Å². The van der Waals surface area contributed by atoms with Gasteiger partial charge in [-0.3, -0.25) is 4.79 Å². The van der Waals surface area contributed by atoms with Gasteiger partial charge >= 0.3 is 0 Å². The average Bonchev–Trinajstić information content (AvgIpc) is 2.81. The van der Waals surface area contributed by atoms with Gasteiger partial charge in [0.25, 0.3) is 0 Å². The Bertz CT molecular complexity index is 322. The highest BCUT2D eigenvalue weighted by Gasteiger charge is 2.60. The lowest BCUT2D eigenvalue weighted by atomic mass is 9.87. The number of ether oxygens (including phenoxy) is 1. The van der Waals surface area contributed by atoms with Gasteiger partial charge in [0.15, 0.2) is 0 Å². The monoisotopic (exact) mass is 237 g/mol. The molecule has 0 aromatic carbocycles. The fourth-order valence-electron chi connectivity index (χ4n) is 4.20. The summed E-state index contributed by atoms with van der Waals surface area (Å²) in [4.78, 5) is 14.4. The van der Waals surface area contributed by atoms with E-state index in [0.29, 0.717) is 5.91 Å². The fraction of sp³-hybridized carbons (Fsp3) is 0.929. The first-order valence-corrected chi connectivity index (χ1v) is 7.20. The van der Waals surface area contributed by atoms with Crippen LogP contribution in [0, 0.1) is 0 Å². The second-order valence-corrected chi connectivity index (χ2v) is 6.00. The fourth-order valence-corrected chi connectivity index (χ4v) is 4.20. The summed E-state index contributed by atoms with van der Waals surface area (Å²) in [5, 5.41) is 0. The summed E-state index contributed by atoms with van der Waals surface area (Å²) in [7, 11) is 0. The Morgan fingerprint density at radius 3 is 2.71 bits per heavy atom. The minimum absolute atomic E-state index is 0.0587. The molecular weight excluding hydrogens is 214 g/mol. The van der Waals surface area contributed by atoms with Crippen LogP contribution >= 0.6 is 0 Å². The molecule has 0 aromatic heterocycles. The maximum Gasteiger partial charge on any atom is 0.225 e. The highest BCUT2D eigenvalue weighted by molar-refractivity contribution is 5.81. The highest BCUT2D eigenvalue weighted by Crippen LogP contribution is 2.51. The molecule has 3 fully saturated rings. The van der Waals surface area contributed by atoms with Gasteiger partial charge in [-0.25, -0.2) is 0 Å². The molecule has 1 aliphatic carbocycles. The maximum atomic E-state index is 12.3. The molecule has 3 nitrogen and oxygen atoms in total. The van der Waals surface area contributed by atoms with Crippen LogP contribution in [0.5, 0.6) is 0 Å². The van der Waals surface area contributed by atoms with E-state index in [2.05, 4.69) is 11.8 Å². The Balaban J connectivity index is 1.91. The van der Waals surface area contributed by atoms with Crippen molar-refractivity contribution in [2.75, 3.05) is 6.61 Å². The molecule has 3 heteroatoms. The van der Waals surface area contributed by atoms with Crippen LogP contribution in [-0.4, -0.2) is 28.7 Å². The number of rotatable bonds is 2. The van der Waals surface area contributed by atoms with Crippen molar-refractivity contribution < 1.29 is 9.53 Å². The predicted molar refractivity (Wildman–Crippen MR) is 65.5 cm³/mol. The van der Waals surface area contributed by atoms with Crippen LogP contribution in [0.4, 0.5) is 0 Å². The zero-order valence-corrected chi connectivity index (χ0v) is 10.8. The number of nitrogens with zero attached hydrogens (tertiary/aromatic N) is 1. The molecule has 0 radical (unpaired) electrons. The molecule has 1 saturated carbocycles. The lowest BCUT2D eigenvalue weighted by Gasteiger charge is -2.43. The van der Waals surface area contributed by atoms with Crippen LogP contribution in [-0.2, 0) is 9.53 Å². The average molecular weight is 237 g/mol. The van der Waals surface area contributed by atoms with Crippen molar-refractivity contribution in [1.29, 1.82) is 0 Å².